The third-order valence-corrected chi connectivity index (χ3v) is 4.36. The first-order chi connectivity index (χ1) is 10.8. The Kier molecular flexibility index (Phi) is 3.38. The molecule has 1 amide bonds. The fourth-order valence-electron chi connectivity index (χ4n) is 3.11. The second kappa shape index (κ2) is 5.53. The van der Waals surface area contributed by atoms with Crippen molar-refractivity contribution >= 4 is 5.91 Å². The number of nitrogens with zero attached hydrogens (tertiary/aromatic N) is 3. The Hall–Kier alpha value is -2.21. The summed E-state index contributed by atoms with van der Waals surface area (Å²) in [6.45, 7) is 2.61. The van der Waals surface area contributed by atoms with Crippen LogP contribution in [0.15, 0.2) is 24.5 Å². The first kappa shape index (κ1) is 13.5. The predicted molar refractivity (Wildman–Crippen MR) is 79.9 cm³/mol. The number of pyridine rings is 1. The lowest BCUT2D eigenvalue weighted by atomic mass is 10.0. The molecule has 2 aromatic heterocycles. The molecule has 2 aliphatic rings. The third kappa shape index (κ3) is 2.39. The van der Waals surface area contributed by atoms with Crippen molar-refractivity contribution < 1.29 is 9.53 Å². The average molecular weight is 298 g/mol. The van der Waals surface area contributed by atoms with Crippen LogP contribution < -0.4 is 0 Å². The number of aromatic amines is 1. The normalized spacial score (nSPS) is 20.9. The van der Waals surface area contributed by atoms with E-state index in [9.17, 15) is 4.79 Å². The topological polar surface area (TPSA) is 71.1 Å². The van der Waals surface area contributed by atoms with Crippen molar-refractivity contribution in [2.24, 2.45) is 5.92 Å². The van der Waals surface area contributed by atoms with E-state index in [0.29, 0.717) is 19.8 Å². The largest absolute Gasteiger partial charge is 0.381 e. The van der Waals surface area contributed by atoms with E-state index < -0.39 is 0 Å². The third-order valence-electron chi connectivity index (χ3n) is 4.36. The molecule has 2 aromatic rings. The molecule has 114 valence electrons. The van der Waals surface area contributed by atoms with E-state index in [0.717, 1.165) is 42.2 Å². The van der Waals surface area contributed by atoms with E-state index in [-0.39, 0.29) is 11.8 Å². The molecule has 22 heavy (non-hydrogen) atoms. The van der Waals surface area contributed by atoms with Gasteiger partial charge in [-0.05, 0) is 18.6 Å². The lowest BCUT2D eigenvalue weighted by Crippen LogP contribution is -2.40. The highest BCUT2D eigenvalue weighted by molar-refractivity contribution is 5.79. The van der Waals surface area contributed by atoms with Gasteiger partial charge in [-0.1, -0.05) is 0 Å². The molecule has 0 aromatic carbocycles. The van der Waals surface area contributed by atoms with Crippen molar-refractivity contribution in [2.75, 3.05) is 19.8 Å². The Bertz CT molecular complexity index is 677. The Morgan fingerprint density at radius 2 is 2.41 bits per heavy atom. The van der Waals surface area contributed by atoms with Crippen LogP contribution in [0.4, 0.5) is 0 Å². The zero-order chi connectivity index (χ0) is 14.9. The summed E-state index contributed by atoms with van der Waals surface area (Å²) in [6.07, 6.45) is 5.18. The van der Waals surface area contributed by atoms with Gasteiger partial charge >= 0.3 is 0 Å². The van der Waals surface area contributed by atoms with Crippen molar-refractivity contribution in [3.63, 3.8) is 0 Å². The van der Waals surface area contributed by atoms with Crippen LogP contribution in [0.25, 0.3) is 11.4 Å². The molecular weight excluding hydrogens is 280 g/mol. The molecule has 2 aliphatic heterocycles. The number of fused-ring (bicyclic) bond motifs is 1. The molecule has 1 atom stereocenters. The molecule has 0 unspecified atom stereocenters. The maximum absolute atomic E-state index is 12.5. The first-order valence-corrected chi connectivity index (χ1v) is 7.66. The number of carbonyl (C=O) groups excluding carboxylic acids is 1. The van der Waals surface area contributed by atoms with E-state index >= 15 is 0 Å². The molecule has 0 aliphatic carbocycles. The molecule has 6 heteroatoms. The standard InChI is InChI=1S/C16H18N4O2/c21-16(12-4-7-22-10-12)20-6-3-13-14(9-20)19-15(18-13)11-2-1-5-17-8-11/h1-2,5,8,12H,3-4,6-7,9-10H2,(H,18,19)/t12-/m0/s1. The van der Waals surface area contributed by atoms with Gasteiger partial charge in [0.25, 0.3) is 0 Å². The first-order valence-electron chi connectivity index (χ1n) is 7.66. The predicted octanol–water partition coefficient (Wildman–Crippen LogP) is 1.39. The number of ether oxygens (including phenoxy) is 1. The van der Waals surface area contributed by atoms with Crippen LogP contribution in [0.2, 0.25) is 0 Å². The minimum atomic E-state index is 0.0299. The Labute approximate surface area is 128 Å². The number of nitrogens with one attached hydrogen (secondary N) is 1. The summed E-state index contributed by atoms with van der Waals surface area (Å²) in [7, 11) is 0. The van der Waals surface area contributed by atoms with Crippen molar-refractivity contribution in [1.29, 1.82) is 0 Å². The number of rotatable bonds is 2. The van der Waals surface area contributed by atoms with Crippen LogP contribution in [0, 0.1) is 5.92 Å². The number of amides is 1. The SMILES string of the molecule is O=C([C@H]1CCOC1)N1CCc2nc(-c3cccnc3)[nH]c2C1. The van der Waals surface area contributed by atoms with Crippen molar-refractivity contribution in [3.8, 4) is 11.4 Å². The van der Waals surface area contributed by atoms with Gasteiger partial charge in [-0.25, -0.2) is 4.98 Å². The second-order valence-corrected chi connectivity index (χ2v) is 5.82. The van der Waals surface area contributed by atoms with E-state index in [1.807, 2.05) is 17.0 Å². The van der Waals surface area contributed by atoms with Gasteiger partial charge in [-0.2, -0.15) is 0 Å². The van der Waals surface area contributed by atoms with Gasteiger partial charge in [-0.3, -0.25) is 9.78 Å². The summed E-state index contributed by atoms with van der Waals surface area (Å²) in [5, 5.41) is 0. The molecule has 6 nitrogen and oxygen atoms in total. The van der Waals surface area contributed by atoms with Crippen LogP contribution >= 0.6 is 0 Å². The fraction of sp³-hybridized carbons (Fsp3) is 0.438. The number of carbonyl (C=O) groups is 1. The van der Waals surface area contributed by atoms with Crippen LogP contribution in [-0.4, -0.2) is 45.5 Å². The highest BCUT2D eigenvalue weighted by Gasteiger charge is 2.31. The lowest BCUT2D eigenvalue weighted by Gasteiger charge is -2.28. The van der Waals surface area contributed by atoms with Gasteiger partial charge in [0.15, 0.2) is 0 Å². The van der Waals surface area contributed by atoms with Gasteiger partial charge in [0, 0.05) is 37.5 Å². The van der Waals surface area contributed by atoms with Crippen LogP contribution in [0.1, 0.15) is 17.8 Å². The minimum Gasteiger partial charge on any atom is -0.381 e. The minimum absolute atomic E-state index is 0.0299. The molecular formula is C16H18N4O2. The summed E-state index contributed by atoms with van der Waals surface area (Å²) < 4.78 is 5.33. The van der Waals surface area contributed by atoms with Crippen molar-refractivity contribution in [1.82, 2.24) is 19.9 Å². The molecule has 1 N–H and O–H groups in total. The fourth-order valence-corrected chi connectivity index (χ4v) is 3.11. The summed E-state index contributed by atoms with van der Waals surface area (Å²) in [5.74, 6) is 1.07. The van der Waals surface area contributed by atoms with Gasteiger partial charge in [-0.15, -0.1) is 0 Å². The maximum Gasteiger partial charge on any atom is 0.228 e. The number of aromatic nitrogens is 3. The zero-order valence-corrected chi connectivity index (χ0v) is 12.3. The van der Waals surface area contributed by atoms with Crippen molar-refractivity contribution in [3.05, 3.63) is 35.9 Å². The Morgan fingerprint density at radius 3 is 3.18 bits per heavy atom. The van der Waals surface area contributed by atoms with Crippen LogP contribution in [0.3, 0.4) is 0 Å². The quantitative estimate of drug-likeness (QED) is 0.909. The van der Waals surface area contributed by atoms with Crippen LogP contribution in [-0.2, 0) is 22.5 Å². The van der Waals surface area contributed by atoms with E-state index in [4.69, 9.17) is 4.74 Å². The highest BCUT2D eigenvalue weighted by Crippen LogP contribution is 2.24. The molecule has 1 saturated heterocycles. The zero-order valence-electron chi connectivity index (χ0n) is 12.3. The molecule has 0 saturated carbocycles. The molecule has 0 bridgehead atoms. The highest BCUT2D eigenvalue weighted by atomic mass is 16.5. The van der Waals surface area contributed by atoms with Crippen LogP contribution in [0.5, 0.6) is 0 Å². The van der Waals surface area contributed by atoms with E-state index in [2.05, 4.69) is 15.0 Å². The number of hydrogen-bond donors (Lipinski definition) is 1. The van der Waals surface area contributed by atoms with Gasteiger partial charge in [0.1, 0.15) is 5.82 Å². The Balaban J connectivity index is 1.54. The van der Waals surface area contributed by atoms with Gasteiger partial charge in [0.05, 0.1) is 30.5 Å². The Morgan fingerprint density at radius 1 is 1.45 bits per heavy atom. The summed E-state index contributed by atoms with van der Waals surface area (Å²) in [4.78, 5) is 26.5. The number of imidazole rings is 1. The second-order valence-electron chi connectivity index (χ2n) is 5.82. The monoisotopic (exact) mass is 298 g/mol. The average Bonchev–Trinajstić information content (AvgIpc) is 3.23. The lowest BCUT2D eigenvalue weighted by molar-refractivity contribution is -0.136. The molecule has 1 fully saturated rings. The molecule has 0 spiro atoms. The van der Waals surface area contributed by atoms with Gasteiger partial charge in [0.2, 0.25) is 5.91 Å². The number of H-pyrrole nitrogens is 1. The van der Waals surface area contributed by atoms with Crippen molar-refractivity contribution in [2.45, 2.75) is 19.4 Å². The smallest absolute Gasteiger partial charge is 0.228 e. The summed E-state index contributed by atoms with van der Waals surface area (Å²) in [6, 6.07) is 3.88. The number of hydrogen-bond acceptors (Lipinski definition) is 4. The maximum atomic E-state index is 12.5. The van der Waals surface area contributed by atoms with Gasteiger partial charge < -0.3 is 14.6 Å². The molecule has 0 radical (unpaired) electrons. The van der Waals surface area contributed by atoms with E-state index in [1.54, 1.807) is 12.4 Å². The molecule has 4 rings (SSSR count). The molecule has 4 heterocycles. The summed E-state index contributed by atoms with van der Waals surface area (Å²) in [5.41, 5.74) is 3.07. The summed E-state index contributed by atoms with van der Waals surface area (Å²) >= 11 is 0. The van der Waals surface area contributed by atoms with E-state index in [1.165, 1.54) is 0 Å².